The van der Waals surface area contributed by atoms with Crippen LogP contribution in [-0.4, -0.2) is 37.1 Å². The molecule has 1 fully saturated rings. The molecule has 0 aliphatic carbocycles. The molecule has 0 radical (unpaired) electrons. The predicted octanol–water partition coefficient (Wildman–Crippen LogP) is 1.82. The van der Waals surface area contributed by atoms with Gasteiger partial charge in [0.05, 0.1) is 14.2 Å². The van der Waals surface area contributed by atoms with Crippen molar-refractivity contribution >= 4 is 17.8 Å². The van der Waals surface area contributed by atoms with Crippen molar-refractivity contribution < 1.29 is 23.9 Å². The summed E-state index contributed by atoms with van der Waals surface area (Å²) in [6, 6.07) is 12.4. The summed E-state index contributed by atoms with van der Waals surface area (Å²) in [7, 11) is 3.05. The third kappa shape index (κ3) is 3.29. The van der Waals surface area contributed by atoms with Gasteiger partial charge in [-0.05, 0) is 48.9 Å². The van der Waals surface area contributed by atoms with Crippen LogP contribution in [0.25, 0.3) is 0 Å². The van der Waals surface area contributed by atoms with Crippen molar-refractivity contribution in [3.05, 3.63) is 59.7 Å². The molecule has 1 aliphatic heterocycles. The minimum atomic E-state index is -1.30. The highest BCUT2D eigenvalue weighted by Gasteiger charge is 2.50. The number of benzene rings is 2. The minimum Gasteiger partial charge on any atom is -0.497 e. The van der Waals surface area contributed by atoms with Crippen LogP contribution in [0, 0.1) is 0 Å². The van der Waals surface area contributed by atoms with E-state index in [1.807, 2.05) is 0 Å². The second kappa shape index (κ2) is 6.99. The topological polar surface area (TPSA) is 97.0 Å². The van der Waals surface area contributed by atoms with E-state index in [0.717, 1.165) is 0 Å². The summed E-state index contributed by atoms with van der Waals surface area (Å²) in [4.78, 5) is 37.5. The number of imide groups is 1. The van der Waals surface area contributed by atoms with Gasteiger partial charge in [0.25, 0.3) is 11.8 Å². The van der Waals surface area contributed by atoms with Crippen LogP contribution in [0.15, 0.2) is 48.5 Å². The van der Waals surface area contributed by atoms with E-state index in [4.69, 9.17) is 9.47 Å². The summed E-state index contributed by atoms with van der Waals surface area (Å²) >= 11 is 0. The zero-order valence-electron chi connectivity index (χ0n) is 15.1. The summed E-state index contributed by atoms with van der Waals surface area (Å²) < 4.78 is 10.1. The average molecular weight is 369 g/mol. The van der Waals surface area contributed by atoms with Gasteiger partial charge in [-0.15, -0.1) is 0 Å². The van der Waals surface area contributed by atoms with Gasteiger partial charge >= 0.3 is 6.03 Å². The third-order valence-corrected chi connectivity index (χ3v) is 4.42. The van der Waals surface area contributed by atoms with E-state index in [2.05, 4.69) is 10.7 Å². The molecule has 1 aliphatic rings. The fourth-order valence-corrected chi connectivity index (χ4v) is 2.77. The maximum Gasteiger partial charge on any atom is 0.344 e. The minimum absolute atomic E-state index is 0.287. The van der Waals surface area contributed by atoms with Crippen LogP contribution in [0.1, 0.15) is 22.8 Å². The van der Waals surface area contributed by atoms with E-state index < -0.39 is 23.4 Å². The van der Waals surface area contributed by atoms with E-state index in [-0.39, 0.29) is 5.56 Å². The zero-order chi connectivity index (χ0) is 19.6. The Labute approximate surface area is 156 Å². The Morgan fingerprint density at radius 1 is 0.963 bits per heavy atom. The number of methoxy groups -OCH3 is 2. The van der Waals surface area contributed by atoms with Crippen LogP contribution in [0.3, 0.4) is 0 Å². The van der Waals surface area contributed by atoms with Gasteiger partial charge in [0.1, 0.15) is 17.0 Å². The van der Waals surface area contributed by atoms with Gasteiger partial charge in [0.2, 0.25) is 0 Å². The number of urea groups is 1. The fourth-order valence-electron chi connectivity index (χ4n) is 2.77. The second-order valence-electron chi connectivity index (χ2n) is 6.09. The third-order valence-electron chi connectivity index (χ3n) is 4.42. The van der Waals surface area contributed by atoms with Crippen molar-refractivity contribution in [2.24, 2.45) is 0 Å². The monoisotopic (exact) mass is 369 g/mol. The standard InChI is InChI=1S/C19H19N3O5/c1-19(13-6-10-15(27-3)11-7-13)17(24)22(18(25)20-19)21-16(23)12-4-8-14(26-2)9-5-12/h4-11H,1-3H3,(H,20,25)(H,21,23)/t19-/m0/s1. The largest absolute Gasteiger partial charge is 0.497 e. The van der Waals surface area contributed by atoms with E-state index in [1.165, 1.54) is 26.4 Å². The van der Waals surface area contributed by atoms with Crippen molar-refractivity contribution in [1.29, 1.82) is 0 Å². The Balaban J connectivity index is 1.79. The first-order valence-corrected chi connectivity index (χ1v) is 8.15. The van der Waals surface area contributed by atoms with Gasteiger partial charge < -0.3 is 14.8 Å². The highest BCUT2D eigenvalue weighted by molar-refractivity contribution is 6.09. The van der Waals surface area contributed by atoms with Gasteiger partial charge in [-0.3, -0.25) is 15.0 Å². The molecule has 3 rings (SSSR count). The smallest absolute Gasteiger partial charge is 0.344 e. The quantitative estimate of drug-likeness (QED) is 0.784. The molecule has 0 bridgehead atoms. The summed E-state index contributed by atoms with van der Waals surface area (Å²) in [5.41, 5.74) is 1.91. The lowest BCUT2D eigenvalue weighted by atomic mass is 9.92. The van der Waals surface area contributed by atoms with Crippen LogP contribution in [0.2, 0.25) is 0 Å². The molecule has 0 aromatic heterocycles. The van der Waals surface area contributed by atoms with Gasteiger partial charge in [0, 0.05) is 5.56 Å². The van der Waals surface area contributed by atoms with Gasteiger partial charge in [-0.2, -0.15) is 5.01 Å². The molecule has 8 nitrogen and oxygen atoms in total. The highest BCUT2D eigenvalue weighted by atomic mass is 16.5. The van der Waals surface area contributed by atoms with Gasteiger partial charge in [-0.1, -0.05) is 12.1 Å². The molecule has 1 atom stereocenters. The number of carbonyl (C=O) groups excluding carboxylic acids is 3. The van der Waals surface area contributed by atoms with Gasteiger partial charge in [-0.25, -0.2) is 4.79 Å². The summed E-state index contributed by atoms with van der Waals surface area (Å²) in [5, 5.41) is 3.31. The number of rotatable bonds is 5. The van der Waals surface area contributed by atoms with Crippen LogP contribution in [0.5, 0.6) is 11.5 Å². The number of amides is 4. The van der Waals surface area contributed by atoms with Crippen LogP contribution in [-0.2, 0) is 10.3 Å². The lowest BCUT2D eigenvalue weighted by molar-refractivity contribution is -0.132. The number of nitrogens with zero attached hydrogens (tertiary/aromatic N) is 1. The number of hydrogen-bond acceptors (Lipinski definition) is 5. The van der Waals surface area contributed by atoms with E-state index in [9.17, 15) is 14.4 Å². The predicted molar refractivity (Wildman–Crippen MR) is 96.2 cm³/mol. The van der Waals surface area contributed by atoms with Crippen molar-refractivity contribution in [3.63, 3.8) is 0 Å². The maximum atomic E-state index is 12.8. The summed E-state index contributed by atoms with van der Waals surface area (Å²) in [5.74, 6) is 0.0528. The second-order valence-corrected chi connectivity index (χ2v) is 6.09. The van der Waals surface area contributed by atoms with Crippen molar-refractivity contribution in [1.82, 2.24) is 15.8 Å². The molecule has 2 N–H and O–H groups in total. The molecule has 0 unspecified atom stereocenters. The Kier molecular flexibility index (Phi) is 4.72. The first kappa shape index (κ1) is 18.2. The average Bonchev–Trinajstić information content (AvgIpc) is 2.92. The molecule has 0 spiro atoms. The van der Waals surface area contributed by atoms with E-state index in [0.29, 0.717) is 22.1 Å². The van der Waals surface area contributed by atoms with Crippen LogP contribution in [0.4, 0.5) is 4.79 Å². The summed E-state index contributed by atoms with van der Waals surface area (Å²) in [6.45, 7) is 1.58. The number of hydrazine groups is 1. The number of ether oxygens (including phenoxy) is 2. The Morgan fingerprint density at radius 2 is 1.48 bits per heavy atom. The molecule has 2 aromatic rings. The first-order valence-electron chi connectivity index (χ1n) is 8.15. The zero-order valence-corrected chi connectivity index (χ0v) is 15.1. The molecule has 1 saturated heterocycles. The molecule has 27 heavy (non-hydrogen) atoms. The van der Waals surface area contributed by atoms with E-state index in [1.54, 1.807) is 43.3 Å². The molecule has 0 saturated carbocycles. The molecule has 4 amide bonds. The lowest BCUT2D eigenvalue weighted by Crippen LogP contribution is -2.47. The van der Waals surface area contributed by atoms with E-state index >= 15 is 0 Å². The maximum absolute atomic E-state index is 12.8. The van der Waals surface area contributed by atoms with Crippen LogP contribution >= 0.6 is 0 Å². The summed E-state index contributed by atoms with van der Waals surface area (Å²) in [6.07, 6.45) is 0. The number of hydrogen-bond donors (Lipinski definition) is 2. The molecule has 1 heterocycles. The Morgan fingerprint density at radius 3 is 2.00 bits per heavy atom. The number of nitrogens with one attached hydrogen (secondary N) is 2. The van der Waals surface area contributed by atoms with Crippen molar-refractivity contribution in [2.75, 3.05) is 14.2 Å². The first-order chi connectivity index (χ1) is 12.9. The SMILES string of the molecule is COc1ccc(C(=O)NN2C(=O)N[C@@](C)(c3ccc(OC)cc3)C2=O)cc1. The highest BCUT2D eigenvalue weighted by Crippen LogP contribution is 2.29. The molecule has 140 valence electrons. The number of carbonyl (C=O) groups is 3. The van der Waals surface area contributed by atoms with Gasteiger partial charge in [0.15, 0.2) is 0 Å². The molecule has 8 heteroatoms. The molecular weight excluding hydrogens is 350 g/mol. The Hall–Kier alpha value is -3.55. The fraction of sp³-hybridized carbons (Fsp3) is 0.211. The van der Waals surface area contributed by atoms with Crippen molar-refractivity contribution in [3.8, 4) is 11.5 Å². The Bertz CT molecular complexity index is 879. The lowest BCUT2D eigenvalue weighted by Gasteiger charge is -2.22. The van der Waals surface area contributed by atoms with Crippen molar-refractivity contribution in [2.45, 2.75) is 12.5 Å². The molecule has 2 aromatic carbocycles. The molecular formula is C19H19N3O5. The van der Waals surface area contributed by atoms with Crippen LogP contribution < -0.4 is 20.2 Å². The normalized spacial score (nSPS) is 18.9.